The molecule has 2 aromatic carbocycles. The van der Waals surface area contributed by atoms with Gasteiger partial charge in [0.1, 0.15) is 10.6 Å². The SMILES string of the molecule is COc1ccc(C(=O)N(Cc2cccnc2)c2ccccc2)cc1S(C)(=O)=O. The third kappa shape index (κ3) is 4.37. The number of methoxy groups -OCH3 is 1. The number of carbonyl (C=O) groups is 1. The van der Waals surface area contributed by atoms with Gasteiger partial charge in [-0.25, -0.2) is 8.42 Å². The number of amides is 1. The molecule has 0 atom stereocenters. The van der Waals surface area contributed by atoms with E-state index in [4.69, 9.17) is 4.74 Å². The lowest BCUT2D eigenvalue weighted by Gasteiger charge is -2.23. The first kappa shape index (κ1) is 19.6. The predicted molar refractivity (Wildman–Crippen MR) is 107 cm³/mol. The molecule has 3 aromatic rings. The molecule has 0 N–H and O–H groups in total. The Balaban J connectivity index is 2.04. The Morgan fingerprint density at radius 3 is 2.43 bits per heavy atom. The van der Waals surface area contributed by atoms with Gasteiger partial charge in [0, 0.05) is 29.9 Å². The van der Waals surface area contributed by atoms with Gasteiger partial charge in [-0.2, -0.15) is 0 Å². The Hall–Kier alpha value is -3.19. The molecule has 0 aliphatic carbocycles. The van der Waals surface area contributed by atoms with Crippen molar-refractivity contribution >= 4 is 21.4 Å². The Morgan fingerprint density at radius 2 is 1.82 bits per heavy atom. The molecule has 1 amide bonds. The van der Waals surface area contributed by atoms with E-state index in [2.05, 4.69) is 4.98 Å². The van der Waals surface area contributed by atoms with Crippen LogP contribution in [-0.2, 0) is 16.4 Å². The van der Waals surface area contributed by atoms with E-state index in [0.29, 0.717) is 12.2 Å². The first-order valence-electron chi connectivity index (χ1n) is 8.54. The number of aromatic nitrogens is 1. The number of anilines is 1. The molecular weight excluding hydrogens is 376 g/mol. The summed E-state index contributed by atoms with van der Waals surface area (Å²) in [6.07, 6.45) is 4.45. The summed E-state index contributed by atoms with van der Waals surface area (Å²) in [5, 5.41) is 0. The summed E-state index contributed by atoms with van der Waals surface area (Å²) >= 11 is 0. The number of carbonyl (C=O) groups excluding carboxylic acids is 1. The van der Waals surface area contributed by atoms with E-state index in [1.54, 1.807) is 29.4 Å². The fourth-order valence-corrected chi connectivity index (χ4v) is 3.68. The van der Waals surface area contributed by atoms with E-state index < -0.39 is 9.84 Å². The number of nitrogens with zero attached hydrogens (tertiary/aromatic N) is 2. The first-order chi connectivity index (χ1) is 13.4. The number of hydrogen-bond acceptors (Lipinski definition) is 5. The number of sulfone groups is 1. The number of hydrogen-bond donors (Lipinski definition) is 0. The molecule has 0 saturated carbocycles. The van der Waals surface area contributed by atoms with Crippen LogP contribution in [-0.4, -0.2) is 32.7 Å². The highest BCUT2D eigenvalue weighted by Gasteiger charge is 2.22. The lowest BCUT2D eigenvalue weighted by atomic mass is 10.1. The average molecular weight is 396 g/mol. The van der Waals surface area contributed by atoms with Crippen molar-refractivity contribution in [3.05, 3.63) is 84.2 Å². The lowest BCUT2D eigenvalue weighted by Crippen LogP contribution is -2.30. The van der Waals surface area contributed by atoms with Crippen LogP contribution in [0.2, 0.25) is 0 Å². The number of ether oxygens (including phenoxy) is 1. The maximum atomic E-state index is 13.3. The van der Waals surface area contributed by atoms with Crippen molar-refractivity contribution in [2.24, 2.45) is 0 Å². The van der Waals surface area contributed by atoms with Crippen molar-refractivity contribution in [1.29, 1.82) is 0 Å². The summed E-state index contributed by atoms with van der Waals surface area (Å²) in [4.78, 5) is 19.0. The molecule has 144 valence electrons. The first-order valence-corrected chi connectivity index (χ1v) is 10.4. The van der Waals surface area contributed by atoms with Gasteiger partial charge in [-0.1, -0.05) is 24.3 Å². The number of rotatable bonds is 6. The Bertz CT molecular complexity index is 1070. The molecule has 6 nitrogen and oxygen atoms in total. The van der Waals surface area contributed by atoms with Crippen molar-refractivity contribution < 1.29 is 17.9 Å². The monoisotopic (exact) mass is 396 g/mol. The van der Waals surface area contributed by atoms with Crippen molar-refractivity contribution in [1.82, 2.24) is 4.98 Å². The zero-order valence-electron chi connectivity index (χ0n) is 15.6. The minimum Gasteiger partial charge on any atom is -0.495 e. The van der Waals surface area contributed by atoms with Gasteiger partial charge in [0.15, 0.2) is 9.84 Å². The van der Waals surface area contributed by atoms with Gasteiger partial charge in [-0.05, 0) is 42.0 Å². The molecule has 28 heavy (non-hydrogen) atoms. The molecule has 3 rings (SSSR count). The van der Waals surface area contributed by atoms with Gasteiger partial charge in [0.2, 0.25) is 0 Å². The van der Waals surface area contributed by atoms with Crippen molar-refractivity contribution in [2.75, 3.05) is 18.3 Å². The summed E-state index contributed by atoms with van der Waals surface area (Å²) in [6.45, 7) is 0.303. The van der Waals surface area contributed by atoms with Crippen LogP contribution in [0.5, 0.6) is 5.75 Å². The quantitative estimate of drug-likeness (QED) is 0.639. The normalized spacial score (nSPS) is 11.1. The molecule has 7 heteroatoms. The summed E-state index contributed by atoms with van der Waals surface area (Å²) in [5.41, 5.74) is 1.82. The topological polar surface area (TPSA) is 76.6 Å². The largest absolute Gasteiger partial charge is 0.495 e. The van der Waals surface area contributed by atoms with Gasteiger partial charge in [0.05, 0.1) is 13.7 Å². The fourth-order valence-electron chi connectivity index (χ4n) is 2.82. The summed E-state index contributed by atoms with van der Waals surface area (Å²) in [5.74, 6) is -0.111. The molecule has 1 heterocycles. The summed E-state index contributed by atoms with van der Waals surface area (Å²) in [7, 11) is -2.16. The van der Waals surface area contributed by atoms with Gasteiger partial charge in [-0.15, -0.1) is 0 Å². The highest BCUT2D eigenvalue weighted by Crippen LogP contribution is 2.27. The Labute approximate surface area is 164 Å². The van der Waals surface area contributed by atoms with Gasteiger partial charge >= 0.3 is 0 Å². The molecule has 0 fully saturated rings. The van der Waals surface area contributed by atoms with E-state index in [1.807, 2.05) is 36.4 Å². The van der Waals surface area contributed by atoms with Crippen LogP contribution in [0.1, 0.15) is 15.9 Å². The molecule has 0 aliphatic rings. The van der Waals surface area contributed by atoms with E-state index in [0.717, 1.165) is 11.8 Å². The zero-order chi connectivity index (χ0) is 20.1. The average Bonchev–Trinajstić information content (AvgIpc) is 2.72. The third-order valence-electron chi connectivity index (χ3n) is 4.19. The maximum absolute atomic E-state index is 13.3. The summed E-state index contributed by atoms with van der Waals surface area (Å²) in [6, 6.07) is 17.3. The van der Waals surface area contributed by atoms with E-state index in [-0.39, 0.29) is 22.1 Å². The molecule has 0 radical (unpaired) electrons. The summed E-state index contributed by atoms with van der Waals surface area (Å²) < 4.78 is 29.3. The predicted octanol–water partition coefficient (Wildman–Crippen LogP) is 3.34. The van der Waals surface area contributed by atoms with Crippen molar-refractivity contribution in [3.8, 4) is 5.75 Å². The van der Waals surface area contributed by atoms with Crippen LogP contribution >= 0.6 is 0 Å². The van der Waals surface area contributed by atoms with E-state index in [9.17, 15) is 13.2 Å². The third-order valence-corrected chi connectivity index (χ3v) is 5.30. The molecule has 0 spiro atoms. The Morgan fingerprint density at radius 1 is 1.07 bits per heavy atom. The Kier molecular flexibility index (Phi) is 5.75. The number of pyridine rings is 1. The molecule has 1 aromatic heterocycles. The standard InChI is InChI=1S/C21H20N2O4S/c1-27-19-11-10-17(13-20(19)28(2,25)26)21(24)23(18-8-4-3-5-9-18)15-16-7-6-12-22-14-16/h3-14H,15H2,1-2H3. The van der Waals surface area contributed by atoms with Crippen LogP contribution in [0.4, 0.5) is 5.69 Å². The molecular formula is C21H20N2O4S. The number of benzene rings is 2. The highest BCUT2D eigenvalue weighted by atomic mass is 32.2. The maximum Gasteiger partial charge on any atom is 0.258 e. The fraction of sp³-hybridized carbons (Fsp3) is 0.143. The van der Waals surface area contributed by atoms with Crippen LogP contribution in [0.3, 0.4) is 0 Å². The molecule has 0 saturated heterocycles. The van der Waals surface area contributed by atoms with Gasteiger partial charge in [-0.3, -0.25) is 9.78 Å². The number of para-hydroxylation sites is 1. The van der Waals surface area contributed by atoms with E-state index in [1.165, 1.54) is 19.2 Å². The van der Waals surface area contributed by atoms with Crippen LogP contribution in [0.15, 0.2) is 78.0 Å². The highest BCUT2D eigenvalue weighted by molar-refractivity contribution is 7.90. The second-order valence-electron chi connectivity index (χ2n) is 6.23. The van der Waals surface area contributed by atoms with Crippen molar-refractivity contribution in [2.45, 2.75) is 11.4 Å². The second-order valence-corrected chi connectivity index (χ2v) is 8.21. The molecule has 0 bridgehead atoms. The van der Waals surface area contributed by atoms with Crippen LogP contribution < -0.4 is 9.64 Å². The lowest BCUT2D eigenvalue weighted by molar-refractivity contribution is 0.0985. The van der Waals surface area contributed by atoms with Gasteiger partial charge in [0.25, 0.3) is 5.91 Å². The van der Waals surface area contributed by atoms with E-state index >= 15 is 0 Å². The van der Waals surface area contributed by atoms with Crippen LogP contribution in [0, 0.1) is 0 Å². The van der Waals surface area contributed by atoms with Crippen molar-refractivity contribution in [3.63, 3.8) is 0 Å². The molecule has 0 aliphatic heterocycles. The van der Waals surface area contributed by atoms with Crippen LogP contribution in [0.25, 0.3) is 0 Å². The smallest absolute Gasteiger partial charge is 0.258 e. The van der Waals surface area contributed by atoms with Gasteiger partial charge < -0.3 is 9.64 Å². The zero-order valence-corrected chi connectivity index (χ0v) is 16.4. The minimum absolute atomic E-state index is 0.0183. The molecule has 0 unspecified atom stereocenters. The second kappa shape index (κ2) is 8.22. The minimum atomic E-state index is -3.56.